The van der Waals surface area contributed by atoms with Crippen molar-refractivity contribution < 1.29 is 5.11 Å². The van der Waals surface area contributed by atoms with E-state index >= 15 is 0 Å². The van der Waals surface area contributed by atoms with Crippen molar-refractivity contribution in [3.63, 3.8) is 0 Å². The molecule has 0 aromatic rings. The van der Waals surface area contributed by atoms with Crippen LogP contribution in [0.2, 0.25) is 0 Å². The monoisotopic (exact) mass is 212 g/mol. The molecule has 2 aliphatic heterocycles. The molecular weight excluding hydrogens is 188 g/mol. The predicted molar refractivity (Wildman–Crippen MR) is 61.6 cm³/mol. The lowest BCUT2D eigenvalue weighted by molar-refractivity contribution is -0.105. The Morgan fingerprint density at radius 3 is 2.33 bits per heavy atom. The number of nitrogens with one attached hydrogen (secondary N) is 1. The van der Waals surface area contributed by atoms with Gasteiger partial charge < -0.3 is 16.2 Å². The molecule has 15 heavy (non-hydrogen) atoms. The van der Waals surface area contributed by atoms with Crippen LogP contribution in [0.25, 0.3) is 0 Å². The summed E-state index contributed by atoms with van der Waals surface area (Å²) in [7, 11) is 0. The van der Waals surface area contributed by atoms with Gasteiger partial charge in [-0.15, -0.1) is 0 Å². The molecular formula is C12H24N2O. The molecule has 3 unspecified atom stereocenters. The number of hydrogen-bond acceptors (Lipinski definition) is 3. The number of aliphatic hydroxyl groups is 1. The van der Waals surface area contributed by atoms with E-state index in [1.165, 1.54) is 12.8 Å². The fourth-order valence-corrected chi connectivity index (χ4v) is 3.28. The van der Waals surface area contributed by atoms with Crippen LogP contribution in [-0.4, -0.2) is 29.3 Å². The molecule has 2 bridgehead atoms. The van der Waals surface area contributed by atoms with Crippen LogP contribution in [0.5, 0.6) is 0 Å². The molecule has 2 heterocycles. The number of piperidine rings is 1. The first-order valence-corrected chi connectivity index (χ1v) is 6.21. The van der Waals surface area contributed by atoms with Crippen molar-refractivity contribution in [3.05, 3.63) is 0 Å². The molecule has 2 saturated heterocycles. The van der Waals surface area contributed by atoms with Crippen LogP contribution in [0.3, 0.4) is 0 Å². The summed E-state index contributed by atoms with van der Waals surface area (Å²) in [4.78, 5) is 0. The van der Waals surface area contributed by atoms with Gasteiger partial charge >= 0.3 is 0 Å². The minimum absolute atomic E-state index is 0.115. The van der Waals surface area contributed by atoms with Crippen LogP contribution < -0.4 is 11.1 Å². The van der Waals surface area contributed by atoms with Gasteiger partial charge in [-0.1, -0.05) is 13.8 Å². The van der Waals surface area contributed by atoms with Crippen molar-refractivity contribution in [3.8, 4) is 0 Å². The molecule has 3 nitrogen and oxygen atoms in total. The Kier molecular flexibility index (Phi) is 2.82. The maximum Gasteiger partial charge on any atom is 0.0742 e. The number of fused-ring (bicyclic) bond motifs is 2. The average Bonchev–Trinajstić information content (AvgIpc) is 2.57. The molecule has 0 aliphatic carbocycles. The maximum absolute atomic E-state index is 10.9. The number of rotatable bonds is 3. The smallest absolute Gasteiger partial charge is 0.0742 e. The first kappa shape index (κ1) is 11.4. The number of hydrogen-bond donors (Lipinski definition) is 3. The van der Waals surface area contributed by atoms with E-state index in [4.69, 9.17) is 5.73 Å². The van der Waals surface area contributed by atoms with Crippen molar-refractivity contribution >= 4 is 0 Å². The fourth-order valence-electron chi connectivity index (χ4n) is 3.28. The van der Waals surface area contributed by atoms with E-state index in [0.717, 1.165) is 19.3 Å². The van der Waals surface area contributed by atoms with E-state index in [-0.39, 0.29) is 5.41 Å². The predicted octanol–water partition coefficient (Wildman–Crippen LogP) is 1.01. The zero-order valence-corrected chi connectivity index (χ0v) is 9.92. The van der Waals surface area contributed by atoms with Gasteiger partial charge in [-0.3, -0.25) is 0 Å². The van der Waals surface area contributed by atoms with Crippen LogP contribution in [-0.2, 0) is 0 Å². The van der Waals surface area contributed by atoms with Crippen LogP contribution in [0.1, 0.15) is 46.0 Å². The van der Waals surface area contributed by atoms with E-state index in [2.05, 4.69) is 19.2 Å². The van der Waals surface area contributed by atoms with Gasteiger partial charge in [0.15, 0.2) is 0 Å². The van der Waals surface area contributed by atoms with Gasteiger partial charge in [0.05, 0.1) is 5.60 Å². The normalized spacial score (nSPS) is 44.0. The summed E-state index contributed by atoms with van der Waals surface area (Å²) in [5.41, 5.74) is 5.20. The lowest BCUT2D eigenvalue weighted by Crippen LogP contribution is -2.58. The molecule has 0 aromatic carbocycles. The van der Waals surface area contributed by atoms with E-state index in [1.807, 2.05) is 0 Å². The SMILES string of the molecule is CCC(C)(CN)C1(O)CC2CCC(C1)N2. The fraction of sp³-hybridized carbons (Fsp3) is 1.00. The van der Waals surface area contributed by atoms with Gasteiger partial charge in [0.1, 0.15) is 0 Å². The third kappa shape index (κ3) is 1.71. The van der Waals surface area contributed by atoms with Crippen molar-refractivity contribution in [2.75, 3.05) is 6.54 Å². The Labute approximate surface area is 92.4 Å². The van der Waals surface area contributed by atoms with Crippen molar-refractivity contribution in [2.24, 2.45) is 11.1 Å². The van der Waals surface area contributed by atoms with Gasteiger partial charge in [0.25, 0.3) is 0 Å². The van der Waals surface area contributed by atoms with Crippen molar-refractivity contribution in [2.45, 2.75) is 63.6 Å². The van der Waals surface area contributed by atoms with Crippen LogP contribution in [0.4, 0.5) is 0 Å². The van der Waals surface area contributed by atoms with Crippen LogP contribution in [0, 0.1) is 5.41 Å². The Morgan fingerprint density at radius 1 is 1.40 bits per heavy atom. The largest absolute Gasteiger partial charge is 0.389 e. The molecule has 0 aromatic heterocycles. The molecule has 2 rings (SSSR count). The molecule has 2 fully saturated rings. The van der Waals surface area contributed by atoms with Crippen molar-refractivity contribution in [1.29, 1.82) is 0 Å². The summed E-state index contributed by atoms with van der Waals surface area (Å²) < 4.78 is 0. The van der Waals surface area contributed by atoms with Gasteiger partial charge in [-0.2, -0.15) is 0 Å². The van der Waals surface area contributed by atoms with E-state index in [1.54, 1.807) is 0 Å². The number of nitrogens with two attached hydrogens (primary N) is 1. The van der Waals surface area contributed by atoms with E-state index in [0.29, 0.717) is 18.6 Å². The second-order valence-electron chi connectivity index (χ2n) is 5.70. The highest BCUT2D eigenvalue weighted by atomic mass is 16.3. The highest BCUT2D eigenvalue weighted by Crippen LogP contribution is 2.45. The average molecular weight is 212 g/mol. The molecule has 0 saturated carbocycles. The van der Waals surface area contributed by atoms with Gasteiger partial charge in [0.2, 0.25) is 0 Å². The van der Waals surface area contributed by atoms with Crippen LogP contribution in [0.15, 0.2) is 0 Å². The van der Waals surface area contributed by atoms with Gasteiger partial charge in [0, 0.05) is 24.0 Å². The zero-order chi connectivity index (χ0) is 11.1. The van der Waals surface area contributed by atoms with Gasteiger partial charge in [-0.25, -0.2) is 0 Å². The molecule has 0 amide bonds. The third-order valence-electron chi connectivity index (χ3n) is 4.86. The van der Waals surface area contributed by atoms with Crippen LogP contribution >= 0.6 is 0 Å². The first-order valence-electron chi connectivity index (χ1n) is 6.21. The topological polar surface area (TPSA) is 58.3 Å². The van der Waals surface area contributed by atoms with Crippen molar-refractivity contribution in [1.82, 2.24) is 5.32 Å². The van der Waals surface area contributed by atoms with Gasteiger partial charge in [-0.05, 0) is 32.1 Å². The molecule has 2 aliphatic rings. The molecule has 3 heteroatoms. The summed E-state index contributed by atoms with van der Waals surface area (Å²) in [6.45, 7) is 4.85. The second kappa shape index (κ2) is 3.72. The minimum atomic E-state index is -0.548. The molecule has 0 spiro atoms. The lowest BCUT2D eigenvalue weighted by atomic mass is 9.65. The first-order chi connectivity index (χ1) is 7.03. The Morgan fingerprint density at radius 2 is 1.93 bits per heavy atom. The molecule has 3 atom stereocenters. The highest BCUT2D eigenvalue weighted by Gasteiger charge is 2.51. The summed E-state index contributed by atoms with van der Waals surface area (Å²) in [5, 5.41) is 14.4. The molecule has 88 valence electrons. The zero-order valence-electron chi connectivity index (χ0n) is 9.92. The Hall–Kier alpha value is -0.120. The summed E-state index contributed by atoms with van der Waals surface area (Å²) in [6.07, 6.45) is 5.16. The minimum Gasteiger partial charge on any atom is -0.389 e. The summed E-state index contributed by atoms with van der Waals surface area (Å²) in [5.74, 6) is 0. The quantitative estimate of drug-likeness (QED) is 0.654. The lowest BCUT2D eigenvalue weighted by Gasteiger charge is -2.49. The standard InChI is InChI=1S/C12H24N2O/c1-3-11(2,8-13)12(15)6-9-4-5-10(7-12)14-9/h9-10,14-15H,3-8,13H2,1-2H3. The molecule has 0 radical (unpaired) electrons. The summed E-state index contributed by atoms with van der Waals surface area (Å²) >= 11 is 0. The Bertz CT molecular complexity index is 226. The maximum atomic E-state index is 10.9. The van der Waals surface area contributed by atoms with E-state index in [9.17, 15) is 5.11 Å². The highest BCUT2D eigenvalue weighted by molar-refractivity contribution is 5.07. The third-order valence-corrected chi connectivity index (χ3v) is 4.86. The second-order valence-corrected chi connectivity index (χ2v) is 5.70. The Balaban J connectivity index is 2.19. The molecule has 4 N–H and O–H groups in total. The summed E-state index contributed by atoms with van der Waals surface area (Å²) in [6, 6.07) is 1.04. The van der Waals surface area contributed by atoms with E-state index < -0.39 is 5.60 Å².